The van der Waals surface area contributed by atoms with Gasteiger partial charge in [0, 0.05) is 24.2 Å². The average molecular weight is 308 g/mol. The minimum absolute atomic E-state index is 0.102. The number of nitrogens with one attached hydrogen (secondary N) is 2. The van der Waals surface area contributed by atoms with Crippen molar-refractivity contribution in [2.24, 2.45) is 0 Å². The fraction of sp³-hybridized carbons (Fsp3) is 0. The lowest BCUT2D eigenvalue weighted by Gasteiger charge is -2.07. The molecule has 0 fully saturated rings. The quantitative estimate of drug-likeness (QED) is 0.719. The number of furan rings is 1. The first-order chi connectivity index (χ1) is 11.2. The Morgan fingerprint density at radius 2 is 1.87 bits per heavy atom. The van der Waals surface area contributed by atoms with Crippen LogP contribution < -0.4 is 10.9 Å². The smallest absolute Gasteiger partial charge is 0.305 e. The van der Waals surface area contributed by atoms with Gasteiger partial charge in [-0.3, -0.25) is 30.4 Å². The lowest BCUT2D eigenvalue weighted by atomic mass is 10.1. The zero-order chi connectivity index (χ0) is 16.1. The summed E-state index contributed by atoms with van der Waals surface area (Å²) in [6.45, 7) is 0. The van der Waals surface area contributed by atoms with Gasteiger partial charge < -0.3 is 4.42 Å². The monoisotopic (exact) mass is 308 g/mol. The standard InChI is InChI=1S/C16H12N4O3/c21-15(19-20-16(22)14-5-3-7-23-14)12-8-11(9-17-10-12)13-4-1-2-6-18-13/h1-10H,(H,19,21)(H,20,22). The molecular weight excluding hydrogens is 296 g/mol. The highest BCUT2D eigenvalue weighted by atomic mass is 16.3. The predicted molar refractivity (Wildman–Crippen MR) is 81.1 cm³/mol. The number of hydrazine groups is 1. The first-order valence-electron chi connectivity index (χ1n) is 6.74. The van der Waals surface area contributed by atoms with E-state index in [9.17, 15) is 9.59 Å². The minimum atomic E-state index is -0.544. The van der Waals surface area contributed by atoms with E-state index in [0.29, 0.717) is 16.8 Å². The third kappa shape index (κ3) is 3.41. The lowest BCUT2D eigenvalue weighted by molar-refractivity contribution is 0.0830. The molecule has 0 aromatic carbocycles. The van der Waals surface area contributed by atoms with Crippen LogP contribution in [0.15, 0.2) is 65.7 Å². The van der Waals surface area contributed by atoms with Crippen molar-refractivity contribution in [2.45, 2.75) is 0 Å². The number of carbonyl (C=O) groups excluding carboxylic acids is 2. The second-order valence-electron chi connectivity index (χ2n) is 4.56. The number of rotatable bonds is 3. The van der Waals surface area contributed by atoms with E-state index in [0.717, 1.165) is 0 Å². The Morgan fingerprint density at radius 1 is 1.00 bits per heavy atom. The molecule has 3 aromatic rings. The summed E-state index contributed by atoms with van der Waals surface area (Å²) >= 11 is 0. The highest BCUT2D eigenvalue weighted by Gasteiger charge is 2.12. The number of pyridine rings is 2. The summed E-state index contributed by atoms with van der Waals surface area (Å²) in [7, 11) is 0. The Hall–Kier alpha value is -3.48. The van der Waals surface area contributed by atoms with Crippen molar-refractivity contribution in [3.63, 3.8) is 0 Å². The molecule has 23 heavy (non-hydrogen) atoms. The molecule has 3 rings (SSSR count). The summed E-state index contributed by atoms with van der Waals surface area (Å²) in [6.07, 6.45) is 6.05. The SMILES string of the molecule is O=C(NNC(=O)c1ccco1)c1cncc(-c2ccccn2)c1. The molecule has 2 N–H and O–H groups in total. The molecule has 0 spiro atoms. The molecule has 0 unspecified atom stereocenters. The largest absolute Gasteiger partial charge is 0.459 e. The Kier molecular flexibility index (Phi) is 4.10. The number of amides is 2. The first-order valence-corrected chi connectivity index (χ1v) is 6.74. The van der Waals surface area contributed by atoms with Gasteiger partial charge in [0.25, 0.3) is 5.91 Å². The van der Waals surface area contributed by atoms with Crippen molar-refractivity contribution in [3.8, 4) is 11.3 Å². The molecule has 0 radical (unpaired) electrons. The Labute approximate surface area is 131 Å². The zero-order valence-corrected chi connectivity index (χ0v) is 11.9. The van der Waals surface area contributed by atoms with Crippen molar-refractivity contribution in [1.82, 2.24) is 20.8 Å². The van der Waals surface area contributed by atoms with Gasteiger partial charge in [0.15, 0.2) is 5.76 Å². The van der Waals surface area contributed by atoms with E-state index in [2.05, 4.69) is 20.8 Å². The first kappa shape index (κ1) is 14.5. The molecule has 7 nitrogen and oxygen atoms in total. The lowest BCUT2D eigenvalue weighted by Crippen LogP contribution is -2.41. The van der Waals surface area contributed by atoms with Crippen LogP contribution in [0.25, 0.3) is 11.3 Å². The molecule has 0 bridgehead atoms. The molecule has 0 saturated heterocycles. The van der Waals surface area contributed by atoms with Gasteiger partial charge in [0.05, 0.1) is 17.5 Å². The summed E-state index contributed by atoms with van der Waals surface area (Å²) in [6, 6.07) is 10.2. The summed E-state index contributed by atoms with van der Waals surface area (Å²) in [5.74, 6) is -0.932. The maximum Gasteiger partial charge on any atom is 0.305 e. The summed E-state index contributed by atoms with van der Waals surface area (Å²) in [4.78, 5) is 32.0. The number of hydrogen-bond acceptors (Lipinski definition) is 5. The average Bonchev–Trinajstić information content (AvgIpc) is 3.15. The molecule has 3 aromatic heterocycles. The second kappa shape index (κ2) is 6.52. The van der Waals surface area contributed by atoms with E-state index >= 15 is 0 Å². The van der Waals surface area contributed by atoms with E-state index < -0.39 is 11.8 Å². The van der Waals surface area contributed by atoms with Gasteiger partial charge in [-0.2, -0.15) is 0 Å². The van der Waals surface area contributed by atoms with Crippen LogP contribution in [0.4, 0.5) is 0 Å². The van der Waals surface area contributed by atoms with Gasteiger partial charge in [-0.15, -0.1) is 0 Å². The van der Waals surface area contributed by atoms with Gasteiger partial charge >= 0.3 is 5.91 Å². The number of carbonyl (C=O) groups is 2. The maximum absolute atomic E-state index is 12.1. The van der Waals surface area contributed by atoms with Crippen molar-refractivity contribution in [1.29, 1.82) is 0 Å². The fourth-order valence-electron chi connectivity index (χ4n) is 1.89. The van der Waals surface area contributed by atoms with E-state index in [1.807, 2.05) is 12.1 Å². The van der Waals surface area contributed by atoms with Crippen LogP contribution in [0, 0.1) is 0 Å². The van der Waals surface area contributed by atoms with Crippen LogP contribution in [-0.4, -0.2) is 21.8 Å². The predicted octanol–water partition coefficient (Wildman–Crippen LogP) is 1.81. The fourth-order valence-corrected chi connectivity index (χ4v) is 1.89. The number of nitrogens with zero attached hydrogens (tertiary/aromatic N) is 2. The van der Waals surface area contributed by atoms with Crippen molar-refractivity contribution < 1.29 is 14.0 Å². The topological polar surface area (TPSA) is 97.1 Å². The molecule has 0 aliphatic heterocycles. The van der Waals surface area contributed by atoms with E-state index in [4.69, 9.17) is 4.42 Å². The third-order valence-electron chi connectivity index (χ3n) is 3.00. The molecule has 3 heterocycles. The van der Waals surface area contributed by atoms with Crippen LogP contribution >= 0.6 is 0 Å². The van der Waals surface area contributed by atoms with Gasteiger partial charge in [-0.1, -0.05) is 6.07 Å². The van der Waals surface area contributed by atoms with E-state index in [1.54, 1.807) is 30.6 Å². The van der Waals surface area contributed by atoms with E-state index in [-0.39, 0.29) is 5.76 Å². The molecule has 0 atom stereocenters. The van der Waals surface area contributed by atoms with E-state index in [1.165, 1.54) is 18.5 Å². The molecule has 0 saturated carbocycles. The molecule has 0 aliphatic rings. The third-order valence-corrected chi connectivity index (χ3v) is 3.00. The molecule has 7 heteroatoms. The summed E-state index contributed by atoms with van der Waals surface area (Å²) < 4.78 is 4.93. The van der Waals surface area contributed by atoms with Gasteiger partial charge in [-0.25, -0.2) is 0 Å². The van der Waals surface area contributed by atoms with Gasteiger partial charge in [-0.05, 0) is 30.3 Å². The normalized spacial score (nSPS) is 10.1. The van der Waals surface area contributed by atoms with Crippen molar-refractivity contribution in [3.05, 3.63) is 72.6 Å². The summed E-state index contributed by atoms with van der Waals surface area (Å²) in [5.41, 5.74) is 6.28. The zero-order valence-electron chi connectivity index (χ0n) is 11.9. The van der Waals surface area contributed by atoms with Crippen molar-refractivity contribution >= 4 is 11.8 Å². The van der Waals surface area contributed by atoms with Gasteiger partial charge in [0.1, 0.15) is 0 Å². The van der Waals surface area contributed by atoms with Gasteiger partial charge in [0.2, 0.25) is 0 Å². The van der Waals surface area contributed by atoms with Crippen LogP contribution in [0.2, 0.25) is 0 Å². The molecule has 0 aliphatic carbocycles. The minimum Gasteiger partial charge on any atom is -0.459 e. The molecular formula is C16H12N4O3. The highest BCUT2D eigenvalue weighted by Crippen LogP contribution is 2.16. The number of aromatic nitrogens is 2. The highest BCUT2D eigenvalue weighted by molar-refractivity contribution is 5.98. The van der Waals surface area contributed by atoms with Crippen LogP contribution in [0.1, 0.15) is 20.9 Å². The maximum atomic E-state index is 12.1. The molecule has 2 amide bonds. The summed E-state index contributed by atoms with van der Waals surface area (Å²) in [5, 5.41) is 0. The Balaban J connectivity index is 1.69. The van der Waals surface area contributed by atoms with Crippen LogP contribution in [0.3, 0.4) is 0 Å². The van der Waals surface area contributed by atoms with Crippen molar-refractivity contribution in [2.75, 3.05) is 0 Å². The second-order valence-corrected chi connectivity index (χ2v) is 4.56. The Morgan fingerprint density at radius 3 is 2.61 bits per heavy atom. The van der Waals surface area contributed by atoms with Crippen LogP contribution in [-0.2, 0) is 0 Å². The molecule has 114 valence electrons. The Bertz CT molecular complexity index is 816. The number of hydrogen-bond donors (Lipinski definition) is 2. The van der Waals surface area contributed by atoms with Crippen LogP contribution in [0.5, 0.6) is 0 Å².